The lowest BCUT2D eigenvalue weighted by Crippen LogP contribution is -2.08. The Kier molecular flexibility index (Phi) is 2.00. The van der Waals surface area contributed by atoms with Crippen molar-refractivity contribution in [2.24, 2.45) is 0 Å². The normalized spacial score (nSPS) is 15.2. The van der Waals surface area contributed by atoms with E-state index in [1.165, 1.54) is 0 Å². The zero-order chi connectivity index (χ0) is 9.42. The standard InChI is InChI=1S/C9H6BrFO2/c10-5-1-2-8-6(3-5)9(12)7(11)4-13-8/h1-3,12H,4H2. The van der Waals surface area contributed by atoms with Gasteiger partial charge in [0.2, 0.25) is 0 Å². The maximum Gasteiger partial charge on any atom is 0.180 e. The van der Waals surface area contributed by atoms with Gasteiger partial charge in [-0.1, -0.05) is 15.9 Å². The van der Waals surface area contributed by atoms with Crippen molar-refractivity contribution < 1.29 is 14.2 Å². The third-order valence-electron chi connectivity index (χ3n) is 1.81. The molecule has 0 spiro atoms. The Balaban J connectivity index is 2.60. The predicted molar refractivity (Wildman–Crippen MR) is 50.3 cm³/mol. The number of aliphatic hydroxyl groups excluding tert-OH is 1. The second kappa shape index (κ2) is 3.03. The largest absolute Gasteiger partial charge is 0.504 e. The molecule has 4 heteroatoms. The molecule has 1 aliphatic heterocycles. The summed E-state index contributed by atoms with van der Waals surface area (Å²) in [6, 6.07) is 5.07. The summed E-state index contributed by atoms with van der Waals surface area (Å²) >= 11 is 3.23. The van der Waals surface area contributed by atoms with Crippen molar-refractivity contribution in [3.63, 3.8) is 0 Å². The Morgan fingerprint density at radius 3 is 3.00 bits per heavy atom. The monoisotopic (exact) mass is 244 g/mol. The minimum atomic E-state index is -0.634. The summed E-state index contributed by atoms with van der Waals surface area (Å²) in [4.78, 5) is 0. The van der Waals surface area contributed by atoms with Gasteiger partial charge in [-0.25, -0.2) is 4.39 Å². The molecule has 0 saturated heterocycles. The first kappa shape index (κ1) is 8.56. The minimum Gasteiger partial charge on any atom is -0.504 e. The molecular formula is C9H6BrFO2. The molecular weight excluding hydrogens is 239 g/mol. The van der Waals surface area contributed by atoms with Gasteiger partial charge in [0.25, 0.3) is 0 Å². The van der Waals surface area contributed by atoms with Crippen molar-refractivity contribution in [3.8, 4) is 5.75 Å². The fraction of sp³-hybridized carbons (Fsp3) is 0.111. The molecule has 2 rings (SSSR count). The first-order valence-electron chi connectivity index (χ1n) is 3.69. The first-order valence-corrected chi connectivity index (χ1v) is 4.48. The number of ether oxygens (including phenoxy) is 1. The highest BCUT2D eigenvalue weighted by Crippen LogP contribution is 2.33. The van der Waals surface area contributed by atoms with Gasteiger partial charge in [-0.2, -0.15) is 0 Å². The lowest BCUT2D eigenvalue weighted by atomic mass is 10.1. The number of aliphatic hydroxyl groups is 1. The number of hydrogen-bond donors (Lipinski definition) is 1. The van der Waals surface area contributed by atoms with Crippen LogP contribution in [-0.2, 0) is 0 Å². The van der Waals surface area contributed by atoms with E-state index in [-0.39, 0.29) is 12.4 Å². The molecule has 0 fully saturated rings. The molecule has 1 aliphatic rings. The van der Waals surface area contributed by atoms with E-state index in [1.54, 1.807) is 18.2 Å². The number of halogens is 2. The highest BCUT2D eigenvalue weighted by Gasteiger charge is 2.19. The van der Waals surface area contributed by atoms with Crippen LogP contribution in [0.1, 0.15) is 5.56 Å². The molecule has 1 aromatic carbocycles. The molecule has 0 radical (unpaired) electrons. The lowest BCUT2D eigenvalue weighted by Gasteiger charge is -2.16. The fourth-order valence-corrected chi connectivity index (χ4v) is 1.53. The maximum absolute atomic E-state index is 12.9. The molecule has 0 atom stereocenters. The summed E-state index contributed by atoms with van der Waals surface area (Å²) in [5, 5.41) is 9.36. The third kappa shape index (κ3) is 1.42. The molecule has 0 bridgehead atoms. The van der Waals surface area contributed by atoms with Gasteiger partial charge in [-0.15, -0.1) is 0 Å². The van der Waals surface area contributed by atoms with Crippen molar-refractivity contribution in [3.05, 3.63) is 34.1 Å². The van der Waals surface area contributed by atoms with Crippen molar-refractivity contribution in [1.82, 2.24) is 0 Å². The first-order chi connectivity index (χ1) is 6.18. The Morgan fingerprint density at radius 2 is 2.23 bits per heavy atom. The Morgan fingerprint density at radius 1 is 1.46 bits per heavy atom. The van der Waals surface area contributed by atoms with Crippen LogP contribution in [0.2, 0.25) is 0 Å². The zero-order valence-electron chi connectivity index (χ0n) is 6.55. The molecule has 1 N–H and O–H groups in total. The van der Waals surface area contributed by atoms with E-state index < -0.39 is 5.83 Å². The van der Waals surface area contributed by atoms with Gasteiger partial charge < -0.3 is 9.84 Å². The van der Waals surface area contributed by atoms with Crippen molar-refractivity contribution in [2.45, 2.75) is 0 Å². The predicted octanol–water partition coefficient (Wildman–Crippen LogP) is 3.04. The topological polar surface area (TPSA) is 29.5 Å². The van der Waals surface area contributed by atoms with Crippen LogP contribution >= 0.6 is 15.9 Å². The van der Waals surface area contributed by atoms with Gasteiger partial charge in [0.1, 0.15) is 12.4 Å². The molecule has 1 aromatic rings. The second-order valence-corrected chi connectivity index (χ2v) is 3.60. The van der Waals surface area contributed by atoms with E-state index in [2.05, 4.69) is 15.9 Å². The van der Waals surface area contributed by atoms with Gasteiger partial charge in [0.05, 0.1) is 5.56 Å². The lowest BCUT2D eigenvalue weighted by molar-refractivity contribution is 0.296. The quantitative estimate of drug-likeness (QED) is 0.761. The second-order valence-electron chi connectivity index (χ2n) is 2.68. The Labute approximate surface area is 82.8 Å². The highest BCUT2D eigenvalue weighted by molar-refractivity contribution is 9.10. The summed E-state index contributed by atoms with van der Waals surface area (Å²) in [7, 11) is 0. The van der Waals surface area contributed by atoms with Crippen molar-refractivity contribution >= 4 is 21.7 Å². The van der Waals surface area contributed by atoms with Crippen LogP contribution in [0.3, 0.4) is 0 Å². The molecule has 2 nitrogen and oxygen atoms in total. The van der Waals surface area contributed by atoms with E-state index in [0.29, 0.717) is 11.3 Å². The van der Waals surface area contributed by atoms with E-state index >= 15 is 0 Å². The summed E-state index contributed by atoms with van der Waals surface area (Å²) in [6.45, 7) is -0.194. The van der Waals surface area contributed by atoms with Gasteiger partial charge in [-0.3, -0.25) is 0 Å². The average Bonchev–Trinajstić information content (AvgIpc) is 2.12. The molecule has 0 aliphatic carbocycles. The van der Waals surface area contributed by atoms with Gasteiger partial charge >= 0.3 is 0 Å². The molecule has 68 valence electrons. The van der Waals surface area contributed by atoms with Crippen LogP contribution in [-0.4, -0.2) is 11.7 Å². The van der Waals surface area contributed by atoms with Crippen LogP contribution < -0.4 is 4.74 Å². The molecule has 0 unspecified atom stereocenters. The van der Waals surface area contributed by atoms with Crippen LogP contribution in [0.15, 0.2) is 28.5 Å². The van der Waals surface area contributed by atoms with Crippen LogP contribution in [0.4, 0.5) is 4.39 Å². The Hall–Kier alpha value is -1.03. The van der Waals surface area contributed by atoms with E-state index in [0.717, 1.165) is 4.47 Å². The van der Waals surface area contributed by atoms with Crippen LogP contribution in [0, 0.1) is 0 Å². The summed E-state index contributed by atoms with van der Waals surface area (Å²) in [5.74, 6) is -0.463. The minimum absolute atomic E-state index is 0.194. The molecule has 0 saturated carbocycles. The zero-order valence-corrected chi connectivity index (χ0v) is 8.14. The summed E-state index contributed by atoms with van der Waals surface area (Å²) < 4.78 is 18.7. The van der Waals surface area contributed by atoms with Crippen LogP contribution in [0.5, 0.6) is 5.75 Å². The van der Waals surface area contributed by atoms with Gasteiger partial charge in [0.15, 0.2) is 11.6 Å². The average molecular weight is 245 g/mol. The number of fused-ring (bicyclic) bond motifs is 1. The highest BCUT2D eigenvalue weighted by atomic mass is 79.9. The smallest absolute Gasteiger partial charge is 0.180 e. The van der Waals surface area contributed by atoms with E-state index in [9.17, 15) is 9.50 Å². The van der Waals surface area contributed by atoms with Crippen molar-refractivity contribution in [2.75, 3.05) is 6.61 Å². The molecule has 1 heterocycles. The molecule has 0 aromatic heterocycles. The third-order valence-corrected chi connectivity index (χ3v) is 2.30. The number of hydrogen-bond acceptors (Lipinski definition) is 2. The number of benzene rings is 1. The van der Waals surface area contributed by atoms with E-state index in [1.807, 2.05) is 0 Å². The SMILES string of the molecule is OC1=C(F)COc2ccc(Br)cc21. The molecule has 0 amide bonds. The maximum atomic E-state index is 12.9. The fourth-order valence-electron chi connectivity index (χ4n) is 1.17. The summed E-state index contributed by atoms with van der Waals surface area (Å²) in [6.07, 6.45) is 0. The molecule has 13 heavy (non-hydrogen) atoms. The van der Waals surface area contributed by atoms with Gasteiger partial charge in [0, 0.05) is 4.47 Å². The van der Waals surface area contributed by atoms with E-state index in [4.69, 9.17) is 4.74 Å². The van der Waals surface area contributed by atoms with Crippen molar-refractivity contribution in [1.29, 1.82) is 0 Å². The summed E-state index contributed by atoms with van der Waals surface area (Å²) in [5.41, 5.74) is 0.387. The number of rotatable bonds is 0. The Bertz CT molecular complexity index is 387. The van der Waals surface area contributed by atoms with Gasteiger partial charge in [-0.05, 0) is 18.2 Å². The van der Waals surface area contributed by atoms with Crippen LogP contribution in [0.25, 0.3) is 5.76 Å².